The average Bonchev–Trinajstić information content (AvgIpc) is 2.57. The number of hydrogen-bond acceptors (Lipinski definition) is 5. The second-order valence-electron chi connectivity index (χ2n) is 4.89. The highest BCUT2D eigenvalue weighted by Gasteiger charge is 2.25. The number of carbonyl (C=O) groups excluding carboxylic acids is 2. The van der Waals surface area contributed by atoms with E-state index in [9.17, 15) is 9.59 Å². The average molecular weight is 322 g/mol. The largest absolute Gasteiger partial charge is 0.476 e. The quantitative estimate of drug-likeness (QED) is 0.913. The van der Waals surface area contributed by atoms with Gasteiger partial charge in [0.25, 0.3) is 0 Å². The van der Waals surface area contributed by atoms with Crippen molar-refractivity contribution in [3.8, 4) is 5.88 Å². The molecule has 1 aromatic rings. The molecule has 1 fully saturated rings. The Morgan fingerprint density at radius 3 is 2.52 bits per heavy atom. The molecule has 126 valence electrons. The summed E-state index contributed by atoms with van der Waals surface area (Å²) in [5.41, 5.74) is 0.534. The Balaban J connectivity index is 1.89. The fraction of sp³-hybridized carbons (Fsp3) is 0.533. The van der Waals surface area contributed by atoms with Crippen LogP contribution < -0.4 is 10.1 Å². The van der Waals surface area contributed by atoms with Crippen molar-refractivity contribution < 1.29 is 19.1 Å². The maximum absolute atomic E-state index is 12.3. The minimum absolute atomic E-state index is 0.234. The number of aromatic nitrogens is 1. The lowest BCUT2D eigenvalue weighted by molar-refractivity contribution is 0.0868. The molecule has 1 aliphatic rings. The van der Waals surface area contributed by atoms with Gasteiger partial charge in [0.2, 0.25) is 5.88 Å². The SMILES string of the molecule is CCOC(=O)N1CCN(C(=O)Nc2cccnc2OCC)CC1. The van der Waals surface area contributed by atoms with Crippen molar-refractivity contribution in [3.05, 3.63) is 18.3 Å². The predicted octanol–water partition coefficient (Wildman–Crippen LogP) is 1.79. The number of ether oxygens (including phenoxy) is 2. The van der Waals surface area contributed by atoms with Crippen LogP contribution in [-0.4, -0.2) is 66.3 Å². The van der Waals surface area contributed by atoms with Gasteiger partial charge in [-0.3, -0.25) is 0 Å². The van der Waals surface area contributed by atoms with Crippen LogP contribution in [0.15, 0.2) is 18.3 Å². The van der Waals surface area contributed by atoms with E-state index in [4.69, 9.17) is 9.47 Å². The van der Waals surface area contributed by atoms with Crippen LogP contribution in [0.4, 0.5) is 15.3 Å². The first-order chi connectivity index (χ1) is 11.2. The first-order valence-electron chi connectivity index (χ1n) is 7.71. The lowest BCUT2D eigenvalue weighted by Crippen LogP contribution is -2.51. The second kappa shape index (κ2) is 8.21. The fourth-order valence-corrected chi connectivity index (χ4v) is 2.24. The van der Waals surface area contributed by atoms with Crippen molar-refractivity contribution in [3.63, 3.8) is 0 Å². The second-order valence-corrected chi connectivity index (χ2v) is 4.89. The molecule has 0 aliphatic carbocycles. The van der Waals surface area contributed by atoms with Crippen LogP contribution >= 0.6 is 0 Å². The molecule has 2 heterocycles. The summed E-state index contributed by atoms with van der Waals surface area (Å²) < 4.78 is 10.3. The van der Waals surface area contributed by atoms with Crippen molar-refractivity contribution in [1.29, 1.82) is 0 Å². The van der Waals surface area contributed by atoms with Crippen molar-refractivity contribution in [2.45, 2.75) is 13.8 Å². The van der Waals surface area contributed by atoms with E-state index in [2.05, 4.69) is 10.3 Å². The number of urea groups is 1. The van der Waals surface area contributed by atoms with Gasteiger partial charge in [0.1, 0.15) is 5.69 Å². The van der Waals surface area contributed by atoms with E-state index in [1.165, 1.54) is 0 Å². The van der Waals surface area contributed by atoms with Gasteiger partial charge in [-0.1, -0.05) is 0 Å². The molecule has 2 rings (SSSR count). The highest BCUT2D eigenvalue weighted by Crippen LogP contribution is 2.21. The first-order valence-corrected chi connectivity index (χ1v) is 7.71. The van der Waals surface area contributed by atoms with Crippen LogP contribution in [-0.2, 0) is 4.74 Å². The number of pyridine rings is 1. The van der Waals surface area contributed by atoms with Gasteiger partial charge in [0, 0.05) is 32.4 Å². The third kappa shape index (κ3) is 4.48. The van der Waals surface area contributed by atoms with Gasteiger partial charge in [-0.2, -0.15) is 0 Å². The van der Waals surface area contributed by atoms with Gasteiger partial charge in [0.05, 0.1) is 13.2 Å². The minimum Gasteiger partial charge on any atom is -0.476 e. The zero-order valence-electron chi connectivity index (χ0n) is 13.4. The summed E-state index contributed by atoms with van der Waals surface area (Å²) in [5, 5.41) is 2.80. The number of carbonyl (C=O) groups is 2. The molecule has 0 aromatic carbocycles. The standard InChI is InChI=1S/C15H22N4O4/c1-3-22-13-12(6-5-7-16-13)17-14(20)18-8-10-19(11-9-18)15(21)23-4-2/h5-7H,3-4,8-11H2,1-2H3,(H,17,20). The van der Waals surface area contributed by atoms with Gasteiger partial charge in [0.15, 0.2) is 0 Å². The molecular formula is C15H22N4O4. The molecule has 8 nitrogen and oxygen atoms in total. The molecule has 0 unspecified atom stereocenters. The molecule has 8 heteroatoms. The van der Waals surface area contributed by atoms with Gasteiger partial charge >= 0.3 is 12.1 Å². The molecule has 1 aromatic heterocycles. The third-order valence-corrected chi connectivity index (χ3v) is 3.39. The van der Waals surface area contributed by atoms with E-state index in [1.54, 1.807) is 35.1 Å². The van der Waals surface area contributed by atoms with E-state index >= 15 is 0 Å². The van der Waals surface area contributed by atoms with E-state index < -0.39 is 0 Å². The topological polar surface area (TPSA) is 84.0 Å². The molecule has 0 spiro atoms. The van der Waals surface area contributed by atoms with Crippen molar-refractivity contribution >= 4 is 17.8 Å². The zero-order chi connectivity index (χ0) is 16.7. The molecule has 0 radical (unpaired) electrons. The van der Waals surface area contributed by atoms with E-state index in [0.29, 0.717) is 51.0 Å². The molecule has 1 aliphatic heterocycles. The fourth-order valence-electron chi connectivity index (χ4n) is 2.24. The van der Waals surface area contributed by atoms with Gasteiger partial charge in [-0.15, -0.1) is 0 Å². The number of amides is 3. The number of piperazine rings is 1. The number of nitrogens with zero attached hydrogens (tertiary/aromatic N) is 3. The first kappa shape index (κ1) is 16.9. The molecule has 0 atom stereocenters. The monoisotopic (exact) mass is 322 g/mol. The molecule has 3 amide bonds. The van der Waals surface area contributed by atoms with Crippen molar-refractivity contribution in [2.24, 2.45) is 0 Å². The van der Waals surface area contributed by atoms with Gasteiger partial charge < -0.3 is 24.6 Å². The molecule has 1 N–H and O–H groups in total. The molecule has 1 saturated heterocycles. The lowest BCUT2D eigenvalue weighted by atomic mass is 10.3. The third-order valence-electron chi connectivity index (χ3n) is 3.39. The van der Waals surface area contributed by atoms with Crippen LogP contribution in [0.1, 0.15) is 13.8 Å². The summed E-state index contributed by atoms with van der Waals surface area (Å²) in [6.07, 6.45) is 1.28. The summed E-state index contributed by atoms with van der Waals surface area (Å²) in [4.78, 5) is 31.3. The minimum atomic E-state index is -0.335. The van der Waals surface area contributed by atoms with E-state index in [0.717, 1.165) is 0 Å². The number of rotatable bonds is 4. The Morgan fingerprint density at radius 1 is 1.17 bits per heavy atom. The summed E-state index contributed by atoms with van der Waals surface area (Å²) in [6, 6.07) is 3.24. The molecule has 23 heavy (non-hydrogen) atoms. The highest BCUT2D eigenvalue weighted by molar-refractivity contribution is 5.90. The zero-order valence-corrected chi connectivity index (χ0v) is 13.4. The van der Waals surface area contributed by atoms with Crippen LogP contribution in [0, 0.1) is 0 Å². The van der Waals surface area contributed by atoms with Crippen LogP contribution in [0.3, 0.4) is 0 Å². The predicted molar refractivity (Wildman–Crippen MR) is 84.6 cm³/mol. The summed E-state index contributed by atoms with van der Waals surface area (Å²) in [5.74, 6) is 0.397. The smallest absolute Gasteiger partial charge is 0.409 e. The summed E-state index contributed by atoms with van der Waals surface area (Å²) >= 11 is 0. The van der Waals surface area contributed by atoms with Gasteiger partial charge in [-0.25, -0.2) is 14.6 Å². The normalized spacial score (nSPS) is 14.3. The Morgan fingerprint density at radius 2 is 1.87 bits per heavy atom. The lowest BCUT2D eigenvalue weighted by Gasteiger charge is -2.34. The maximum Gasteiger partial charge on any atom is 0.409 e. The maximum atomic E-state index is 12.3. The van der Waals surface area contributed by atoms with Gasteiger partial charge in [-0.05, 0) is 26.0 Å². The number of hydrogen-bond donors (Lipinski definition) is 1. The van der Waals surface area contributed by atoms with Crippen LogP contribution in [0.25, 0.3) is 0 Å². The number of nitrogens with one attached hydrogen (secondary N) is 1. The summed E-state index contributed by atoms with van der Waals surface area (Å²) in [7, 11) is 0. The highest BCUT2D eigenvalue weighted by atomic mass is 16.6. The Bertz CT molecular complexity index is 544. The molecular weight excluding hydrogens is 300 g/mol. The van der Waals surface area contributed by atoms with Crippen LogP contribution in [0.5, 0.6) is 5.88 Å². The Labute approximate surface area is 135 Å². The van der Waals surface area contributed by atoms with Crippen molar-refractivity contribution in [2.75, 3.05) is 44.7 Å². The summed E-state index contributed by atoms with van der Waals surface area (Å²) in [6.45, 7) is 6.26. The van der Waals surface area contributed by atoms with Crippen molar-refractivity contribution in [1.82, 2.24) is 14.8 Å². The van der Waals surface area contributed by atoms with E-state index in [1.807, 2.05) is 6.92 Å². The van der Waals surface area contributed by atoms with Crippen LogP contribution in [0.2, 0.25) is 0 Å². The molecule has 0 saturated carbocycles. The number of anilines is 1. The molecule has 0 bridgehead atoms. The Hall–Kier alpha value is -2.51. The van der Waals surface area contributed by atoms with E-state index in [-0.39, 0.29) is 12.1 Å². The Kier molecular flexibility index (Phi) is 6.02.